The predicted octanol–water partition coefficient (Wildman–Crippen LogP) is 5.23. The van der Waals surface area contributed by atoms with Gasteiger partial charge in [-0.25, -0.2) is 0 Å². The summed E-state index contributed by atoms with van der Waals surface area (Å²) in [5.74, 6) is 0.134. The van der Waals surface area contributed by atoms with E-state index in [1.165, 1.54) is 6.07 Å². The minimum absolute atomic E-state index is 0.210. The number of phenolic OH excluding ortho intramolecular Hbond substituents is 1. The maximum Gasteiger partial charge on any atom is 0.416 e. The molecule has 3 aromatic rings. The second-order valence-electron chi connectivity index (χ2n) is 5.95. The molecule has 7 heteroatoms. The lowest BCUT2D eigenvalue weighted by Crippen LogP contribution is -2.06. The fourth-order valence-electron chi connectivity index (χ4n) is 2.73. The summed E-state index contributed by atoms with van der Waals surface area (Å²) in [4.78, 5) is 0. The molecule has 1 heterocycles. The molecule has 0 saturated heterocycles. The van der Waals surface area contributed by atoms with Crippen LogP contribution >= 0.6 is 0 Å². The number of hydrogen-bond donors (Lipinski definition) is 2. The number of nitrogens with one attached hydrogen (secondary N) is 1. The number of anilines is 1. The van der Waals surface area contributed by atoms with Crippen molar-refractivity contribution in [1.82, 2.24) is 10.2 Å². The van der Waals surface area contributed by atoms with Gasteiger partial charge in [-0.1, -0.05) is 37.6 Å². The van der Waals surface area contributed by atoms with Crippen LogP contribution in [0.25, 0.3) is 22.0 Å². The number of fused-ring (bicyclic) bond motifs is 1. The Morgan fingerprint density at radius 2 is 1.77 bits per heavy atom. The molecule has 0 bridgehead atoms. The molecule has 0 saturated carbocycles. The zero-order valence-corrected chi connectivity index (χ0v) is 14.1. The fraction of sp³-hybridized carbons (Fsp3) is 0.263. The predicted molar refractivity (Wildman–Crippen MR) is 95.0 cm³/mol. The van der Waals surface area contributed by atoms with Crippen LogP contribution in [0.15, 0.2) is 42.5 Å². The lowest BCUT2D eigenvalue weighted by Gasteiger charge is -2.13. The maximum atomic E-state index is 12.8. The van der Waals surface area contributed by atoms with Crippen LogP contribution in [0.1, 0.15) is 25.3 Å². The van der Waals surface area contributed by atoms with Crippen LogP contribution in [0.2, 0.25) is 0 Å². The summed E-state index contributed by atoms with van der Waals surface area (Å²) >= 11 is 0. The van der Waals surface area contributed by atoms with Crippen molar-refractivity contribution < 1.29 is 18.3 Å². The Balaban J connectivity index is 2.08. The molecule has 136 valence electrons. The third-order valence-corrected chi connectivity index (χ3v) is 4.09. The number of benzene rings is 2. The normalized spacial score (nSPS) is 11.7. The van der Waals surface area contributed by atoms with E-state index in [0.29, 0.717) is 23.0 Å². The SMILES string of the molecule is CCCCNc1nnc(-c2ccc(C(F)(F)F)cc2O)c2ccccc12. The van der Waals surface area contributed by atoms with E-state index in [0.717, 1.165) is 30.8 Å². The highest BCUT2D eigenvalue weighted by molar-refractivity contribution is 6.00. The minimum Gasteiger partial charge on any atom is -0.507 e. The van der Waals surface area contributed by atoms with Gasteiger partial charge in [0.15, 0.2) is 5.82 Å². The summed E-state index contributed by atoms with van der Waals surface area (Å²) in [6.07, 6.45) is -2.50. The molecule has 0 amide bonds. The number of unbranched alkanes of at least 4 members (excludes halogenated alkanes) is 1. The Morgan fingerprint density at radius 3 is 2.42 bits per heavy atom. The van der Waals surface area contributed by atoms with Crippen molar-refractivity contribution in [3.8, 4) is 17.0 Å². The Bertz CT molecular complexity index is 926. The number of alkyl halides is 3. The van der Waals surface area contributed by atoms with Crippen molar-refractivity contribution in [3.05, 3.63) is 48.0 Å². The lowest BCUT2D eigenvalue weighted by molar-refractivity contribution is -0.137. The Kier molecular flexibility index (Phi) is 4.97. The largest absolute Gasteiger partial charge is 0.507 e. The van der Waals surface area contributed by atoms with Crippen molar-refractivity contribution in [2.24, 2.45) is 0 Å². The molecule has 1 aromatic heterocycles. The first kappa shape index (κ1) is 18.0. The van der Waals surface area contributed by atoms with Crippen LogP contribution in [0.5, 0.6) is 5.75 Å². The first-order valence-electron chi connectivity index (χ1n) is 8.31. The van der Waals surface area contributed by atoms with Gasteiger partial charge in [-0.2, -0.15) is 13.2 Å². The molecule has 0 radical (unpaired) electrons. The monoisotopic (exact) mass is 361 g/mol. The van der Waals surface area contributed by atoms with Crippen molar-refractivity contribution in [1.29, 1.82) is 0 Å². The van der Waals surface area contributed by atoms with Crippen LogP contribution in [0.3, 0.4) is 0 Å². The highest BCUT2D eigenvalue weighted by atomic mass is 19.4. The van der Waals surface area contributed by atoms with Crippen molar-refractivity contribution >= 4 is 16.6 Å². The molecular weight excluding hydrogens is 343 g/mol. The molecule has 3 rings (SSSR count). The summed E-state index contributed by atoms with van der Waals surface area (Å²) in [6.45, 7) is 2.84. The van der Waals surface area contributed by atoms with Crippen LogP contribution in [0, 0.1) is 0 Å². The Morgan fingerprint density at radius 1 is 1.04 bits per heavy atom. The van der Waals surface area contributed by atoms with E-state index in [1.54, 1.807) is 0 Å². The Labute approximate surface area is 148 Å². The summed E-state index contributed by atoms with van der Waals surface area (Å²) in [5.41, 5.74) is -0.358. The molecule has 26 heavy (non-hydrogen) atoms. The first-order chi connectivity index (χ1) is 12.4. The number of phenols is 1. The number of aromatic hydroxyl groups is 1. The van der Waals surface area contributed by atoms with Gasteiger partial charge in [0.25, 0.3) is 0 Å². The minimum atomic E-state index is -4.52. The van der Waals surface area contributed by atoms with E-state index in [2.05, 4.69) is 22.4 Å². The molecule has 0 atom stereocenters. The molecule has 0 unspecified atom stereocenters. The lowest BCUT2D eigenvalue weighted by atomic mass is 10.0. The molecule has 0 spiro atoms. The highest BCUT2D eigenvalue weighted by Gasteiger charge is 2.31. The maximum absolute atomic E-state index is 12.8. The zero-order valence-electron chi connectivity index (χ0n) is 14.1. The van der Waals surface area contributed by atoms with Gasteiger partial charge in [-0.05, 0) is 24.6 Å². The number of hydrogen-bond acceptors (Lipinski definition) is 4. The average molecular weight is 361 g/mol. The molecule has 0 aliphatic carbocycles. The molecule has 0 fully saturated rings. The number of rotatable bonds is 5. The topological polar surface area (TPSA) is 58.0 Å². The summed E-state index contributed by atoms with van der Waals surface area (Å²) < 4.78 is 38.4. The van der Waals surface area contributed by atoms with E-state index >= 15 is 0 Å². The summed E-state index contributed by atoms with van der Waals surface area (Å²) in [5, 5.41) is 23.2. The smallest absolute Gasteiger partial charge is 0.416 e. The van der Waals surface area contributed by atoms with E-state index < -0.39 is 17.5 Å². The first-order valence-corrected chi connectivity index (χ1v) is 8.31. The van der Waals surface area contributed by atoms with Crippen molar-refractivity contribution in [2.45, 2.75) is 25.9 Å². The van der Waals surface area contributed by atoms with Gasteiger partial charge in [0.2, 0.25) is 0 Å². The van der Waals surface area contributed by atoms with Gasteiger partial charge >= 0.3 is 6.18 Å². The van der Waals surface area contributed by atoms with Crippen LogP contribution in [-0.2, 0) is 6.18 Å². The Hall–Kier alpha value is -2.83. The van der Waals surface area contributed by atoms with Gasteiger partial charge in [0, 0.05) is 22.9 Å². The van der Waals surface area contributed by atoms with Gasteiger partial charge < -0.3 is 10.4 Å². The van der Waals surface area contributed by atoms with Crippen LogP contribution < -0.4 is 5.32 Å². The molecule has 0 aliphatic rings. The summed E-state index contributed by atoms with van der Waals surface area (Å²) in [7, 11) is 0. The van der Waals surface area contributed by atoms with Crippen LogP contribution in [0.4, 0.5) is 19.0 Å². The van der Waals surface area contributed by atoms with Gasteiger partial charge in [-0.3, -0.25) is 0 Å². The van der Waals surface area contributed by atoms with Crippen LogP contribution in [-0.4, -0.2) is 21.8 Å². The number of nitrogens with zero attached hydrogens (tertiary/aromatic N) is 2. The standard InChI is InChI=1S/C19H18F3N3O/c1-2-3-10-23-18-14-7-5-4-6-13(14)17(24-25-18)15-9-8-12(11-16(15)26)19(20,21)22/h4-9,11,26H,2-3,10H2,1H3,(H,23,25). The van der Waals surface area contributed by atoms with Crippen molar-refractivity contribution in [3.63, 3.8) is 0 Å². The number of aromatic nitrogens is 2. The van der Waals surface area contributed by atoms with Gasteiger partial charge in [0.1, 0.15) is 11.4 Å². The third kappa shape index (κ3) is 3.56. The fourth-order valence-corrected chi connectivity index (χ4v) is 2.73. The zero-order chi connectivity index (χ0) is 18.7. The average Bonchev–Trinajstić information content (AvgIpc) is 2.61. The van der Waals surface area contributed by atoms with E-state index in [9.17, 15) is 18.3 Å². The molecular formula is C19H18F3N3O. The van der Waals surface area contributed by atoms with E-state index in [-0.39, 0.29) is 5.56 Å². The molecule has 0 aliphatic heterocycles. The quantitative estimate of drug-likeness (QED) is 0.611. The van der Waals surface area contributed by atoms with E-state index in [4.69, 9.17) is 0 Å². The van der Waals surface area contributed by atoms with Gasteiger partial charge in [0.05, 0.1) is 5.56 Å². The van der Waals surface area contributed by atoms with Crippen molar-refractivity contribution in [2.75, 3.05) is 11.9 Å². The molecule has 2 aromatic carbocycles. The molecule has 2 N–H and O–H groups in total. The second kappa shape index (κ2) is 7.19. The van der Waals surface area contributed by atoms with Gasteiger partial charge in [-0.15, -0.1) is 10.2 Å². The molecule has 4 nitrogen and oxygen atoms in total. The highest BCUT2D eigenvalue weighted by Crippen LogP contribution is 2.38. The second-order valence-corrected chi connectivity index (χ2v) is 5.95. The number of halogens is 3. The third-order valence-electron chi connectivity index (χ3n) is 4.09. The van der Waals surface area contributed by atoms with E-state index in [1.807, 2.05) is 24.3 Å². The summed E-state index contributed by atoms with van der Waals surface area (Å²) in [6, 6.07) is 10.2.